The fourth-order valence-corrected chi connectivity index (χ4v) is 3.81. The smallest absolute Gasteiger partial charge is 0.335 e. The van der Waals surface area contributed by atoms with E-state index in [1.807, 2.05) is 0 Å². The molecule has 13 heteroatoms. The van der Waals surface area contributed by atoms with Crippen molar-refractivity contribution in [3.8, 4) is 17.2 Å². The standard InChI is InChI=1S/C28H24F2N6O5/c1-3-35-15-21(27(39)36(28(35)40)20-7-4-17(29)5-8-20)26(38)34-18-6-9-24(22(30)12-18)41-25-13-19(33-16(2)37)14-32-23(25)10-11-31/h4-15H,3,31H2,1-2H3,(H,33,37)(H,34,38). The van der Waals surface area contributed by atoms with Gasteiger partial charge in [-0.15, -0.1) is 0 Å². The van der Waals surface area contributed by atoms with Crippen molar-refractivity contribution in [1.82, 2.24) is 14.1 Å². The summed E-state index contributed by atoms with van der Waals surface area (Å²) in [6.45, 7) is 3.10. The predicted octanol–water partition coefficient (Wildman–Crippen LogP) is 3.62. The zero-order valence-electron chi connectivity index (χ0n) is 21.9. The lowest BCUT2D eigenvalue weighted by Crippen LogP contribution is -2.42. The fraction of sp³-hybridized carbons (Fsp3) is 0.107. The normalized spacial score (nSPS) is 10.9. The van der Waals surface area contributed by atoms with Gasteiger partial charge in [0.15, 0.2) is 17.3 Å². The average Bonchev–Trinajstić information content (AvgIpc) is 2.92. The van der Waals surface area contributed by atoms with Gasteiger partial charge in [-0.05, 0) is 55.6 Å². The molecule has 0 aliphatic carbocycles. The van der Waals surface area contributed by atoms with Crippen LogP contribution in [0, 0.1) is 11.6 Å². The Kier molecular flexibility index (Phi) is 8.37. The van der Waals surface area contributed by atoms with E-state index in [0.29, 0.717) is 5.69 Å². The van der Waals surface area contributed by atoms with Crippen LogP contribution >= 0.6 is 0 Å². The first-order valence-electron chi connectivity index (χ1n) is 12.2. The van der Waals surface area contributed by atoms with Crippen LogP contribution in [-0.4, -0.2) is 25.9 Å². The highest BCUT2D eigenvalue weighted by molar-refractivity contribution is 6.03. The topological polar surface area (TPSA) is 150 Å². The molecule has 2 aromatic carbocycles. The minimum atomic E-state index is -0.934. The minimum Gasteiger partial charge on any atom is -0.452 e. The molecule has 0 fully saturated rings. The van der Waals surface area contributed by atoms with Crippen LogP contribution in [0.1, 0.15) is 29.9 Å². The van der Waals surface area contributed by atoms with Gasteiger partial charge in [0.25, 0.3) is 11.5 Å². The number of anilines is 2. The molecule has 2 aromatic heterocycles. The summed E-state index contributed by atoms with van der Waals surface area (Å²) in [6.07, 6.45) is 5.13. The predicted molar refractivity (Wildman–Crippen MR) is 148 cm³/mol. The van der Waals surface area contributed by atoms with Gasteiger partial charge in [0.05, 0.1) is 17.6 Å². The summed E-state index contributed by atoms with van der Waals surface area (Å²) in [4.78, 5) is 54.5. The van der Waals surface area contributed by atoms with Gasteiger partial charge in [0.1, 0.15) is 17.1 Å². The first-order valence-corrected chi connectivity index (χ1v) is 12.2. The van der Waals surface area contributed by atoms with Gasteiger partial charge in [-0.2, -0.15) is 0 Å². The lowest BCUT2D eigenvalue weighted by Gasteiger charge is -2.13. The molecule has 0 unspecified atom stereocenters. The summed E-state index contributed by atoms with van der Waals surface area (Å²) >= 11 is 0. The number of rotatable bonds is 8. The number of ether oxygens (including phenoxy) is 1. The molecule has 0 spiro atoms. The summed E-state index contributed by atoms with van der Waals surface area (Å²) in [5.74, 6) is -2.80. The molecule has 4 rings (SSSR count). The Bertz CT molecular complexity index is 1780. The van der Waals surface area contributed by atoms with Crippen LogP contribution in [-0.2, 0) is 11.3 Å². The third-order valence-corrected chi connectivity index (χ3v) is 5.69. The van der Waals surface area contributed by atoms with Crippen LogP contribution in [0.5, 0.6) is 11.5 Å². The summed E-state index contributed by atoms with van der Waals surface area (Å²) < 4.78 is 36.0. The third-order valence-electron chi connectivity index (χ3n) is 5.69. The Labute approximate surface area is 231 Å². The molecule has 41 heavy (non-hydrogen) atoms. The lowest BCUT2D eigenvalue weighted by molar-refractivity contribution is -0.114. The van der Waals surface area contributed by atoms with Crippen molar-refractivity contribution in [2.75, 3.05) is 10.6 Å². The Hall–Kier alpha value is -5.59. The first-order chi connectivity index (χ1) is 19.6. The molecule has 0 bridgehead atoms. The van der Waals surface area contributed by atoms with E-state index in [1.165, 1.54) is 55.7 Å². The molecule has 210 valence electrons. The number of nitrogens with zero attached hydrogens (tertiary/aromatic N) is 3. The van der Waals surface area contributed by atoms with Crippen molar-refractivity contribution in [2.24, 2.45) is 5.73 Å². The third kappa shape index (κ3) is 6.36. The molecule has 0 atom stereocenters. The molecule has 2 heterocycles. The highest BCUT2D eigenvalue weighted by atomic mass is 19.1. The Morgan fingerprint density at radius 1 is 1.02 bits per heavy atom. The van der Waals surface area contributed by atoms with Gasteiger partial charge >= 0.3 is 5.69 Å². The lowest BCUT2D eigenvalue weighted by atomic mass is 10.2. The maximum absolute atomic E-state index is 15.0. The second-order valence-electron chi connectivity index (χ2n) is 8.58. The number of benzene rings is 2. The van der Waals surface area contributed by atoms with Crippen molar-refractivity contribution in [2.45, 2.75) is 20.4 Å². The Morgan fingerprint density at radius 2 is 1.76 bits per heavy atom. The van der Waals surface area contributed by atoms with Crippen molar-refractivity contribution in [3.05, 3.63) is 111 Å². The molecule has 4 aromatic rings. The molecule has 0 saturated heterocycles. The molecule has 2 amide bonds. The second-order valence-corrected chi connectivity index (χ2v) is 8.58. The van der Waals surface area contributed by atoms with E-state index in [9.17, 15) is 23.6 Å². The van der Waals surface area contributed by atoms with Crippen LogP contribution < -0.4 is 32.4 Å². The van der Waals surface area contributed by atoms with E-state index < -0.39 is 34.4 Å². The van der Waals surface area contributed by atoms with E-state index in [0.717, 1.165) is 33.5 Å². The van der Waals surface area contributed by atoms with E-state index in [1.54, 1.807) is 6.92 Å². The molecular formula is C28H24F2N6O5. The molecule has 0 aliphatic heterocycles. The van der Waals surface area contributed by atoms with Crippen LogP contribution in [0.2, 0.25) is 0 Å². The number of hydrogen-bond donors (Lipinski definition) is 3. The van der Waals surface area contributed by atoms with Crippen LogP contribution in [0.25, 0.3) is 11.8 Å². The van der Waals surface area contributed by atoms with Gasteiger partial charge in [0, 0.05) is 37.5 Å². The largest absolute Gasteiger partial charge is 0.452 e. The molecule has 0 radical (unpaired) electrons. The SMILES string of the molecule is CCn1cc(C(=O)Nc2ccc(Oc3cc(NC(C)=O)cnc3C=CN)c(F)c2)c(=O)n(-c2ccc(F)cc2)c1=O. The Balaban J connectivity index is 1.63. The number of nitrogens with one attached hydrogen (secondary N) is 2. The number of nitrogens with two attached hydrogens (primary N) is 1. The molecule has 11 nitrogen and oxygen atoms in total. The van der Waals surface area contributed by atoms with E-state index in [-0.39, 0.29) is 41.0 Å². The van der Waals surface area contributed by atoms with Crippen molar-refractivity contribution >= 4 is 29.3 Å². The number of carbonyl (C=O) groups is 2. The molecule has 0 saturated carbocycles. The second kappa shape index (κ2) is 12.1. The quantitative estimate of drug-likeness (QED) is 0.297. The van der Waals surface area contributed by atoms with Gasteiger partial charge in [-0.3, -0.25) is 23.9 Å². The average molecular weight is 563 g/mol. The van der Waals surface area contributed by atoms with Crippen molar-refractivity contribution < 1.29 is 23.1 Å². The number of hydrogen-bond acceptors (Lipinski definition) is 7. The minimum absolute atomic E-state index is 0.00553. The number of pyridine rings is 1. The van der Waals surface area contributed by atoms with Gasteiger partial charge in [-0.1, -0.05) is 0 Å². The first kappa shape index (κ1) is 28.4. The van der Waals surface area contributed by atoms with E-state index >= 15 is 4.39 Å². The number of aromatic nitrogens is 3. The van der Waals surface area contributed by atoms with Gasteiger partial charge in [0.2, 0.25) is 5.91 Å². The maximum atomic E-state index is 15.0. The monoisotopic (exact) mass is 562 g/mol. The van der Waals surface area contributed by atoms with Gasteiger partial charge in [-0.25, -0.2) is 18.1 Å². The van der Waals surface area contributed by atoms with Gasteiger partial charge < -0.3 is 21.1 Å². The zero-order chi connectivity index (χ0) is 29.7. The number of amides is 2. The summed E-state index contributed by atoms with van der Waals surface area (Å²) in [5.41, 5.74) is 4.06. The fourth-order valence-electron chi connectivity index (χ4n) is 3.81. The highest BCUT2D eigenvalue weighted by Gasteiger charge is 2.19. The van der Waals surface area contributed by atoms with Crippen molar-refractivity contribution in [3.63, 3.8) is 0 Å². The van der Waals surface area contributed by atoms with E-state index in [4.69, 9.17) is 10.5 Å². The Morgan fingerprint density at radius 3 is 2.39 bits per heavy atom. The highest BCUT2D eigenvalue weighted by Crippen LogP contribution is 2.31. The number of halogens is 2. The summed E-state index contributed by atoms with van der Waals surface area (Å²) in [6, 6.07) is 9.65. The van der Waals surface area contributed by atoms with Crippen LogP contribution in [0.15, 0.2) is 76.7 Å². The zero-order valence-corrected chi connectivity index (χ0v) is 21.9. The van der Waals surface area contributed by atoms with E-state index in [2.05, 4.69) is 15.6 Å². The number of carbonyl (C=O) groups excluding carboxylic acids is 2. The molecule has 4 N–H and O–H groups in total. The summed E-state index contributed by atoms with van der Waals surface area (Å²) in [7, 11) is 0. The summed E-state index contributed by atoms with van der Waals surface area (Å²) in [5, 5.41) is 4.99. The molecule has 0 aliphatic rings. The maximum Gasteiger partial charge on any atom is 0.335 e. The van der Waals surface area contributed by atoms with Crippen molar-refractivity contribution in [1.29, 1.82) is 0 Å². The van der Waals surface area contributed by atoms with Crippen LogP contribution in [0.3, 0.4) is 0 Å². The van der Waals surface area contributed by atoms with Crippen LogP contribution in [0.4, 0.5) is 20.2 Å². The number of aryl methyl sites for hydroxylation is 1. The molecular weight excluding hydrogens is 538 g/mol.